The topological polar surface area (TPSA) is 132 Å². The zero-order valence-electron chi connectivity index (χ0n) is 14.3. The van der Waals surface area contributed by atoms with Crippen LogP contribution in [0.2, 0.25) is 0 Å². The van der Waals surface area contributed by atoms with Gasteiger partial charge in [0.2, 0.25) is 0 Å². The summed E-state index contributed by atoms with van der Waals surface area (Å²) in [5.74, 6) is 0. The summed E-state index contributed by atoms with van der Waals surface area (Å²) in [5.41, 5.74) is 0.279. The fraction of sp³-hybridized carbons (Fsp3) is 0.562. The predicted molar refractivity (Wildman–Crippen MR) is 89.0 cm³/mol. The monoisotopic (exact) mass is 350 g/mol. The number of aromatic amines is 2. The molecule has 0 unspecified atom stereocenters. The van der Waals surface area contributed by atoms with Crippen LogP contribution in [0.1, 0.15) is 38.8 Å². The molecule has 3 rings (SSSR count). The molecule has 0 aromatic carbocycles. The molecule has 2 aromatic rings. The van der Waals surface area contributed by atoms with E-state index in [2.05, 4.69) is 15.0 Å². The molecule has 2 aromatic heterocycles. The quantitative estimate of drug-likeness (QED) is 0.629. The van der Waals surface area contributed by atoms with Crippen molar-refractivity contribution in [1.29, 1.82) is 0 Å². The highest BCUT2D eigenvalue weighted by atomic mass is 16.6. The molecule has 0 saturated carbocycles. The van der Waals surface area contributed by atoms with Gasteiger partial charge in [-0.2, -0.15) is 0 Å². The van der Waals surface area contributed by atoms with Gasteiger partial charge >= 0.3 is 6.09 Å². The maximum atomic E-state index is 12.7. The SMILES string of the molecule is CC(C)(C)OC(=O)N1[C@@H](c2c[nH]c3c(=O)[nH]cnc23)C[C@H](O)[C@H]1CO. The number of amides is 1. The van der Waals surface area contributed by atoms with E-state index in [-0.39, 0.29) is 12.0 Å². The number of nitrogens with one attached hydrogen (secondary N) is 2. The van der Waals surface area contributed by atoms with Crippen LogP contribution >= 0.6 is 0 Å². The highest BCUT2D eigenvalue weighted by molar-refractivity contribution is 5.79. The molecule has 4 N–H and O–H groups in total. The number of aromatic nitrogens is 3. The Balaban J connectivity index is 2.04. The first-order valence-electron chi connectivity index (χ1n) is 8.08. The molecule has 9 heteroatoms. The van der Waals surface area contributed by atoms with Gasteiger partial charge in [0.15, 0.2) is 0 Å². The van der Waals surface area contributed by atoms with Gasteiger partial charge < -0.3 is 24.9 Å². The molecule has 9 nitrogen and oxygen atoms in total. The van der Waals surface area contributed by atoms with E-state index in [1.165, 1.54) is 11.2 Å². The van der Waals surface area contributed by atoms with Crippen molar-refractivity contribution in [2.75, 3.05) is 6.61 Å². The van der Waals surface area contributed by atoms with Gasteiger partial charge in [-0.15, -0.1) is 0 Å². The Kier molecular flexibility index (Phi) is 4.29. The van der Waals surface area contributed by atoms with E-state index in [4.69, 9.17) is 4.74 Å². The van der Waals surface area contributed by atoms with Gasteiger partial charge in [-0.1, -0.05) is 0 Å². The number of H-pyrrole nitrogens is 2. The first kappa shape index (κ1) is 17.4. The molecule has 1 aliphatic rings. The molecule has 0 spiro atoms. The predicted octanol–water partition coefficient (Wildman–Crippen LogP) is 0.655. The molecule has 1 amide bonds. The highest BCUT2D eigenvalue weighted by Gasteiger charge is 2.46. The lowest BCUT2D eigenvalue weighted by Crippen LogP contribution is -2.45. The van der Waals surface area contributed by atoms with Gasteiger partial charge in [-0.3, -0.25) is 9.69 Å². The number of likely N-dealkylation sites (tertiary alicyclic amines) is 1. The summed E-state index contributed by atoms with van der Waals surface area (Å²) < 4.78 is 5.43. The molecular formula is C16H22N4O5. The first-order valence-corrected chi connectivity index (χ1v) is 8.08. The minimum atomic E-state index is -0.908. The second-order valence-corrected chi connectivity index (χ2v) is 7.16. The number of aliphatic hydroxyl groups is 2. The van der Waals surface area contributed by atoms with Crippen LogP contribution in [0.15, 0.2) is 17.3 Å². The lowest BCUT2D eigenvalue weighted by atomic mass is 10.1. The minimum absolute atomic E-state index is 0.214. The summed E-state index contributed by atoms with van der Waals surface area (Å²) in [7, 11) is 0. The van der Waals surface area contributed by atoms with Gasteiger partial charge in [0.1, 0.15) is 16.6 Å². The molecule has 0 radical (unpaired) electrons. The average molecular weight is 350 g/mol. The Morgan fingerprint density at radius 1 is 1.44 bits per heavy atom. The summed E-state index contributed by atoms with van der Waals surface area (Å²) in [6.45, 7) is 4.83. The largest absolute Gasteiger partial charge is 0.444 e. The second kappa shape index (κ2) is 6.16. The van der Waals surface area contributed by atoms with Crippen molar-refractivity contribution in [2.24, 2.45) is 0 Å². The lowest BCUT2D eigenvalue weighted by molar-refractivity contribution is -0.000501. The van der Waals surface area contributed by atoms with Crippen LogP contribution in [0, 0.1) is 0 Å². The Labute approximate surface area is 143 Å². The van der Waals surface area contributed by atoms with Crippen LogP contribution in [0.3, 0.4) is 0 Å². The highest BCUT2D eigenvalue weighted by Crippen LogP contribution is 2.39. The molecular weight excluding hydrogens is 328 g/mol. The van der Waals surface area contributed by atoms with Gasteiger partial charge in [-0.25, -0.2) is 9.78 Å². The van der Waals surface area contributed by atoms with Crippen molar-refractivity contribution in [3.63, 3.8) is 0 Å². The van der Waals surface area contributed by atoms with Gasteiger partial charge in [0.05, 0.1) is 31.1 Å². The second-order valence-electron chi connectivity index (χ2n) is 7.16. The Bertz CT molecular complexity index is 837. The first-order chi connectivity index (χ1) is 11.7. The maximum absolute atomic E-state index is 12.7. The number of nitrogens with zero attached hydrogens (tertiary/aromatic N) is 2. The van der Waals surface area contributed by atoms with E-state index in [0.717, 1.165) is 0 Å². The molecule has 0 bridgehead atoms. The van der Waals surface area contributed by atoms with Crippen molar-refractivity contribution in [1.82, 2.24) is 19.9 Å². The Morgan fingerprint density at radius 2 is 2.16 bits per heavy atom. The normalized spacial score (nSPS) is 24.0. The number of ether oxygens (including phenoxy) is 1. The third-order valence-electron chi connectivity index (χ3n) is 4.25. The molecule has 1 aliphatic heterocycles. The number of rotatable bonds is 2. The third kappa shape index (κ3) is 3.12. The fourth-order valence-corrected chi connectivity index (χ4v) is 3.20. The van der Waals surface area contributed by atoms with Crippen molar-refractivity contribution < 1.29 is 19.7 Å². The summed E-state index contributed by atoms with van der Waals surface area (Å²) in [6, 6.07) is -1.35. The van der Waals surface area contributed by atoms with Crippen LogP contribution in [-0.2, 0) is 4.74 Å². The smallest absolute Gasteiger partial charge is 0.411 e. The summed E-state index contributed by atoms with van der Waals surface area (Å²) >= 11 is 0. The van der Waals surface area contributed by atoms with Gasteiger partial charge in [0, 0.05) is 18.2 Å². The van der Waals surface area contributed by atoms with Crippen LogP contribution in [0.25, 0.3) is 11.0 Å². The molecule has 0 aliphatic carbocycles. The molecule has 3 atom stereocenters. The average Bonchev–Trinajstić information content (AvgIpc) is 3.06. The molecule has 1 fully saturated rings. The van der Waals surface area contributed by atoms with E-state index in [0.29, 0.717) is 16.6 Å². The lowest BCUT2D eigenvalue weighted by Gasteiger charge is -2.32. The molecule has 25 heavy (non-hydrogen) atoms. The van der Waals surface area contributed by atoms with E-state index < -0.39 is 36.5 Å². The summed E-state index contributed by atoms with van der Waals surface area (Å²) in [4.78, 5) is 35.4. The van der Waals surface area contributed by atoms with Crippen LogP contribution in [0.4, 0.5) is 4.79 Å². The van der Waals surface area contributed by atoms with Crippen molar-refractivity contribution in [3.8, 4) is 0 Å². The fourth-order valence-electron chi connectivity index (χ4n) is 3.20. The van der Waals surface area contributed by atoms with Crippen LogP contribution in [0.5, 0.6) is 0 Å². The summed E-state index contributed by atoms with van der Waals surface area (Å²) in [6.07, 6.45) is 1.56. The standard InChI is InChI=1S/C16H22N4O5/c1-16(2,3)25-15(24)20-9(4-11(22)10(20)6-21)8-5-17-13-12(8)18-7-19-14(13)23/h5,7,9-11,17,21-22H,4,6H2,1-3H3,(H,18,19,23)/t9-,10-,11+/m1/s1. The minimum Gasteiger partial charge on any atom is -0.444 e. The number of hydrogen-bond donors (Lipinski definition) is 4. The van der Waals surface area contributed by atoms with Crippen molar-refractivity contribution in [3.05, 3.63) is 28.4 Å². The molecule has 136 valence electrons. The zero-order valence-corrected chi connectivity index (χ0v) is 14.3. The van der Waals surface area contributed by atoms with Gasteiger partial charge in [-0.05, 0) is 20.8 Å². The van der Waals surface area contributed by atoms with Gasteiger partial charge in [0.25, 0.3) is 5.56 Å². The van der Waals surface area contributed by atoms with Crippen LogP contribution in [-0.4, -0.2) is 60.5 Å². The van der Waals surface area contributed by atoms with E-state index in [1.807, 2.05) is 0 Å². The van der Waals surface area contributed by atoms with Crippen molar-refractivity contribution >= 4 is 17.1 Å². The summed E-state index contributed by atoms with van der Waals surface area (Å²) in [5, 5.41) is 19.9. The van der Waals surface area contributed by atoms with E-state index in [1.54, 1.807) is 27.0 Å². The Morgan fingerprint density at radius 3 is 2.80 bits per heavy atom. The van der Waals surface area contributed by atoms with E-state index >= 15 is 0 Å². The number of hydrogen-bond acceptors (Lipinski definition) is 6. The van der Waals surface area contributed by atoms with Crippen molar-refractivity contribution in [2.45, 2.75) is 51.0 Å². The number of carbonyl (C=O) groups is 1. The van der Waals surface area contributed by atoms with E-state index in [9.17, 15) is 19.8 Å². The molecule has 3 heterocycles. The molecule has 1 saturated heterocycles. The third-order valence-corrected chi connectivity index (χ3v) is 4.25. The Hall–Kier alpha value is -2.39. The number of carbonyl (C=O) groups excluding carboxylic acids is 1. The maximum Gasteiger partial charge on any atom is 0.411 e. The number of fused-ring (bicyclic) bond motifs is 1. The zero-order chi connectivity index (χ0) is 18.4. The number of aliphatic hydroxyl groups excluding tert-OH is 2. The van der Waals surface area contributed by atoms with Crippen LogP contribution < -0.4 is 5.56 Å².